The van der Waals surface area contributed by atoms with Gasteiger partial charge in [-0.1, -0.05) is 6.92 Å². The van der Waals surface area contributed by atoms with E-state index in [2.05, 4.69) is 13.8 Å². The highest BCUT2D eigenvalue weighted by atomic mass is 32.1. The van der Waals surface area contributed by atoms with E-state index in [9.17, 15) is 9.59 Å². The van der Waals surface area contributed by atoms with Crippen LogP contribution in [0.4, 0.5) is 0 Å². The zero-order chi connectivity index (χ0) is 19.7. The Morgan fingerprint density at radius 3 is 2.50 bits per heavy atom. The fourth-order valence-corrected chi connectivity index (χ4v) is 4.99. The van der Waals surface area contributed by atoms with Crippen LogP contribution in [0, 0.1) is 12.8 Å². The van der Waals surface area contributed by atoms with Crippen molar-refractivity contribution in [3.05, 3.63) is 45.1 Å². The normalized spacial score (nSPS) is 16.9. The van der Waals surface area contributed by atoms with Gasteiger partial charge in [0.1, 0.15) is 13.2 Å². The van der Waals surface area contributed by atoms with E-state index in [1.165, 1.54) is 10.4 Å². The van der Waals surface area contributed by atoms with E-state index in [4.69, 9.17) is 9.47 Å². The maximum absolute atomic E-state index is 12.9. The summed E-state index contributed by atoms with van der Waals surface area (Å²) in [5.41, 5.74) is 1.86. The van der Waals surface area contributed by atoms with Crippen molar-refractivity contribution in [3.8, 4) is 11.5 Å². The van der Waals surface area contributed by atoms with E-state index in [0.717, 1.165) is 11.3 Å². The van der Waals surface area contributed by atoms with Crippen LogP contribution in [-0.2, 0) is 6.42 Å². The zero-order valence-electron chi connectivity index (χ0n) is 16.3. The Balaban J connectivity index is 1.39. The molecule has 2 aliphatic rings. The Labute approximate surface area is 169 Å². The first-order valence-electron chi connectivity index (χ1n) is 9.89. The number of amides is 1. The number of nitrogens with zero attached hydrogens (tertiary/aromatic N) is 1. The first-order valence-corrected chi connectivity index (χ1v) is 10.7. The lowest BCUT2D eigenvalue weighted by atomic mass is 9.88. The van der Waals surface area contributed by atoms with E-state index >= 15 is 0 Å². The van der Waals surface area contributed by atoms with Gasteiger partial charge in [0.25, 0.3) is 5.91 Å². The average Bonchev–Trinajstić information content (AvgIpc) is 3.13. The maximum atomic E-state index is 12.9. The number of carbonyl (C=O) groups excluding carboxylic acids is 2. The molecule has 0 N–H and O–H groups in total. The number of rotatable bonds is 4. The maximum Gasteiger partial charge on any atom is 0.263 e. The van der Waals surface area contributed by atoms with E-state index in [-0.39, 0.29) is 17.6 Å². The van der Waals surface area contributed by atoms with Gasteiger partial charge in [-0.3, -0.25) is 9.59 Å². The first-order chi connectivity index (χ1) is 13.6. The van der Waals surface area contributed by atoms with Gasteiger partial charge in [-0.05, 0) is 56.0 Å². The van der Waals surface area contributed by atoms with Crippen molar-refractivity contribution in [2.45, 2.75) is 33.1 Å². The van der Waals surface area contributed by atoms with Crippen molar-refractivity contribution in [2.24, 2.45) is 5.92 Å². The molecule has 1 fully saturated rings. The molecular formula is C22H25NO4S. The number of Topliss-reactive ketones (excluding diaryl/α,β-unsaturated/α-hetero) is 1. The molecule has 2 aliphatic heterocycles. The SMILES string of the molecule is CCc1sc(C(=O)N2CCC(C(=O)c3ccc4c(c3)OCCO4)CC2)cc1C. The van der Waals surface area contributed by atoms with Crippen LogP contribution < -0.4 is 9.47 Å². The molecule has 148 valence electrons. The van der Waals surface area contributed by atoms with Gasteiger partial charge in [-0.25, -0.2) is 0 Å². The fourth-order valence-electron chi connectivity index (χ4n) is 3.91. The lowest BCUT2D eigenvalue weighted by Crippen LogP contribution is -2.40. The molecule has 1 aromatic heterocycles. The third-order valence-corrected chi connectivity index (χ3v) is 6.90. The smallest absolute Gasteiger partial charge is 0.263 e. The van der Waals surface area contributed by atoms with Gasteiger partial charge >= 0.3 is 0 Å². The van der Waals surface area contributed by atoms with Crippen molar-refractivity contribution in [2.75, 3.05) is 26.3 Å². The molecule has 2 aromatic rings. The molecule has 0 radical (unpaired) electrons. The topological polar surface area (TPSA) is 55.8 Å². The second-order valence-electron chi connectivity index (χ2n) is 7.36. The second-order valence-corrected chi connectivity index (χ2v) is 8.50. The minimum absolute atomic E-state index is 0.0529. The molecule has 0 aliphatic carbocycles. The van der Waals surface area contributed by atoms with Gasteiger partial charge in [0, 0.05) is 29.4 Å². The molecule has 3 heterocycles. The zero-order valence-corrected chi connectivity index (χ0v) is 17.1. The quantitative estimate of drug-likeness (QED) is 0.726. The predicted molar refractivity (Wildman–Crippen MR) is 109 cm³/mol. The number of piperidine rings is 1. The number of benzene rings is 1. The van der Waals surface area contributed by atoms with Gasteiger partial charge in [-0.2, -0.15) is 0 Å². The fraction of sp³-hybridized carbons (Fsp3) is 0.455. The molecule has 6 heteroatoms. The first kappa shape index (κ1) is 19.0. The largest absolute Gasteiger partial charge is 0.486 e. The number of ether oxygens (including phenoxy) is 2. The minimum atomic E-state index is -0.0529. The van der Waals surface area contributed by atoms with Gasteiger partial charge < -0.3 is 14.4 Å². The molecule has 28 heavy (non-hydrogen) atoms. The van der Waals surface area contributed by atoms with Gasteiger partial charge in [-0.15, -0.1) is 11.3 Å². The minimum Gasteiger partial charge on any atom is -0.486 e. The lowest BCUT2D eigenvalue weighted by Gasteiger charge is -2.31. The summed E-state index contributed by atoms with van der Waals surface area (Å²) >= 11 is 1.59. The summed E-state index contributed by atoms with van der Waals surface area (Å²) in [6.07, 6.45) is 2.35. The van der Waals surface area contributed by atoms with Crippen molar-refractivity contribution in [1.29, 1.82) is 0 Å². The number of hydrogen-bond donors (Lipinski definition) is 0. The molecule has 0 spiro atoms. The molecule has 0 bridgehead atoms. The summed E-state index contributed by atoms with van der Waals surface area (Å²) in [6.45, 7) is 6.46. The highest BCUT2D eigenvalue weighted by molar-refractivity contribution is 7.14. The van der Waals surface area contributed by atoms with Gasteiger partial charge in [0.15, 0.2) is 17.3 Å². The van der Waals surface area contributed by atoms with Crippen molar-refractivity contribution >= 4 is 23.0 Å². The monoisotopic (exact) mass is 399 g/mol. The van der Waals surface area contributed by atoms with E-state index < -0.39 is 0 Å². The van der Waals surface area contributed by atoms with Crippen LogP contribution in [0.1, 0.15) is 50.2 Å². The summed E-state index contributed by atoms with van der Waals surface area (Å²) in [6, 6.07) is 7.41. The van der Waals surface area contributed by atoms with Crippen LogP contribution in [0.25, 0.3) is 0 Å². The Morgan fingerprint density at radius 1 is 1.11 bits per heavy atom. The molecule has 1 aromatic carbocycles. The second kappa shape index (κ2) is 7.95. The lowest BCUT2D eigenvalue weighted by molar-refractivity contribution is 0.0654. The molecule has 1 amide bonds. The molecule has 0 unspecified atom stereocenters. The molecule has 4 rings (SSSR count). The molecular weight excluding hydrogens is 374 g/mol. The molecule has 1 saturated heterocycles. The average molecular weight is 400 g/mol. The van der Waals surface area contributed by atoms with Gasteiger partial charge in [0.2, 0.25) is 0 Å². The Kier molecular flexibility index (Phi) is 5.40. The number of thiophene rings is 1. The highest BCUT2D eigenvalue weighted by Crippen LogP contribution is 2.33. The number of aryl methyl sites for hydroxylation is 2. The molecule has 0 saturated carbocycles. The number of likely N-dealkylation sites (tertiary alicyclic amines) is 1. The van der Waals surface area contributed by atoms with Crippen LogP contribution in [0.2, 0.25) is 0 Å². The predicted octanol–water partition coefficient (Wildman–Crippen LogP) is 4.13. The summed E-state index contributed by atoms with van der Waals surface area (Å²) < 4.78 is 11.1. The number of fused-ring (bicyclic) bond motifs is 1. The van der Waals surface area contributed by atoms with E-state index in [0.29, 0.717) is 56.2 Å². The van der Waals surface area contributed by atoms with Gasteiger partial charge in [0.05, 0.1) is 4.88 Å². The summed E-state index contributed by atoms with van der Waals surface area (Å²) in [5, 5.41) is 0. The van der Waals surface area contributed by atoms with Crippen molar-refractivity contribution in [1.82, 2.24) is 4.90 Å². The molecule has 5 nitrogen and oxygen atoms in total. The van der Waals surface area contributed by atoms with Crippen molar-refractivity contribution < 1.29 is 19.1 Å². The van der Waals surface area contributed by atoms with Crippen LogP contribution in [0.15, 0.2) is 24.3 Å². The van der Waals surface area contributed by atoms with Crippen LogP contribution >= 0.6 is 11.3 Å². The standard InChI is InChI=1S/C22H25NO4S/c1-3-19-14(2)12-20(28-19)22(25)23-8-6-15(7-9-23)21(24)16-4-5-17-18(13-16)27-11-10-26-17/h4-5,12-13,15H,3,6-11H2,1-2H3. The number of carbonyl (C=O) groups is 2. The van der Waals surface area contributed by atoms with E-state index in [1.807, 2.05) is 23.1 Å². The Morgan fingerprint density at radius 2 is 1.82 bits per heavy atom. The third-order valence-electron chi connectivity index (χ3n) is 5.53. The molecule has 0 atom stereocenters. The third kappa shape index (κ3) is 3.65. The Hall–Kier alpha value is -2.34. The number of hydrogen-bond acceptors (Lipinski definition) is 5. The van der Waals surface area contributed by atoms with E-state index in [1.54, 1.807) is 17.4 Å². The Bertz CT molecular complexity index is 896. The van der Waals surface area contributed by atoms with Crippen LogP contribution in [0.3, 0.4) is 0 Å². The van der Waals surface area contributed by atoms with Crippen molar-refractivity contribution in [3.63, 3.8) is 0 Å². The summed E-state index contributed by atoms with van der Waals surface area (Å²) in [5.74, 6) is 1.51. The number of ketones is 1. The highest BCUT2D eigenvalue weighted by Gasteiger charge is 2.29. The summed E-state index contributed by atoms with van der Waals surface area (Å²) in [7, 11) is 0. The summed E-state index contributed by atoms with van der Waals surface area (Å²) in [4.78, 5) is 29.7. The van der Waals surface area contributed by atoms with Crippen LogP contribution in [-0.4, -0.2) is 42.9 Å². The van der Waals surface area contributed by atoms with Crippen LogP contribution in [0.5, 0.6) is 11.5 Å².